The van der Waals surface area contributed by atoms with E-state index in [1.54, 1.807) is 4.90 Å². The molecule has 0 aliphatic carbocycles. The number of nitro groups is 1. The van der Waals surface area contributed by atoms with Gasteiger partial charge < -0.3 is 15.0 Å². The molecule has 2 heterocycles. The number of anilines is 1. The number of ether oxygens (including phenoxy) is 1. The van der Waals surface area contributed by atoms with Crippen molar-refractivity contribution in [3.63, 3.8) is 0 Å². The monoisotopic (exact) mass is 498 g/mol. The molecule has 1 amide bonds. The average molecular weight is 498 g/mol. The topological polar surface area (TPSA) is 97.6 Å². The molecule has 1 aromatic carbocycles. The van der Waals surface area contributed by atoms with Crippen LogP contribution in [0.3, 0.4) is 0 Å². The van der Waals surface area contributed by atoms with Gasteiger partial charge in [-0.3, -0.25) is 10.1 Å². The first-order chi connectivity index (χ1) is 13.1. The van der Waals surface area contributed by atoms with E-state index in [-0.39, 0.29) is 17.8 Å². The van der Waals surface area contributed by atoms with Crippen LogP contribution in [-0.2, 0) is 4.74 Å². The van der Waals surface area contributed by atoms with Crippen molar-refractivity contribution in [3.8, 4) is 0 Å². The third-order valence-corrected chi connectivity index (χ3v) is 5.10. The van der Waals surface area contributed by atoms with E-state index in [2.05, 4.69) is 32.9 Å². The molecule has 3 rings (SSSR count). The summed E-state index contributed by atoms with van der Waals surface area (Å²) in [6, 6.07) is 5.53. The third kappa shape index (κ3) is 4.81. The summed E-state index contributed by atoms with van der Waals surface area (Å²) in [5.41, 5.74) is 0.510. The second-order valence-electron chi connectivity index (χ2n) is 7.85. The number of aromatic nitrogens is 1. The van der Waals surface area contributed by atoms with E-state index in [9.17, 15) is 14.9 Å². The van der Waals surface area contributed by atoms with Gasteiger partial charge in [0.2, 0.25) is 0 Å². The van der Waals surface area contributed by atoms with Crippen LogP contribution in [0, 0.1) is 13.7 Å². The largest absolute Gasteiger partial charge is 0.444 e. The molecule has 2 aromatic rings. The summed E-state index contributed by atoms with van der Waals surface area (Å²) < 4.78 is 6.43. The highest BCUT2D eigenvalue weighted by molar-refractivity contribution is 14.1. The molecule has 0 spiro atoms. The van der Waals surface area contributed by atoms with Crippen LogP contribution in [0.25, 0.3) is 10.9 Å². The molecule has 1 aliphatic heterocycles. The van der Waals surface area contributed by atoms with Gasteiger partial charge in [0.05, 0.1) is 10.4 Å². The second kappa shape index (κ2) is 8.06. The van der Waals surface area contributed by atoms with E-state index < -0.39 is 10.5 Å². The first kappa shape index (κ1) is 20.6. The van der Waals surface area contributed by atoms with Gasteiger partial charge >= 0.3 is 11.8 Å². The number of carbonyl (C=O) groups excluding carboxylic acids is 1. The van der Waals surface area contributed by atoms with Crippen LogP contribution in [-0.4, -0.2) is 45.6 Å². The SMILES string of the molecule is CC(C)(C)OC(=O)N1CCC[C@H](Nc2c([N+](=O)[O-])cnc3ccc(I)cc23)C1. The van der Waals surface area contributed by atoms with Crippen molar-refractivity contribution in [2.24, 2.45) is 0 Å². The Hall–Kier alpha value is -2.17. The number of piperidine rings is 1. The highest BCUT2D eigenvalue weighted by atomic mass is 127. The maximum absolute atomic E-state index is 12.4. The molecule has 0 radical (unpaired) electrons. The van der Waals surface area contributed by atoms with Gasteiger partial charge in [-0.2, -0.15) is 0 Å². The Morgan fingerprint density at radius 3 is 2.86 bits per heavy atom. The summed E-state index contributed by atoms with van der Waals surface area (Å²) in [6.07, 6.45) is 2.53. The number of rotatable bonds is 3. The van der Waals surface area contributed by atoms with Gasteiger partial charge in [0.25, 0.3) is 0 Å². The lowest BCUT2D eigenvalue weighted by atomic mass is 10.0. The predicted molar refractivity (Wildman–Crippen MR) is 116 cm³/mol. The molecule has 1 fully saturated rings. The minimum absolute atomic E-state index is 0.0658. The maximum Gasteiger partial charge on any atom is 0.410 e. The van der Waals surface area contributed by atoms with Crippen LogP contribution >= 0.6 is 22.6 Å². The van der Waals surface area contributed by atoms with Crippen molar-refractivity contribution in [1.29, 1.82) is 0 Å². The Kier molecular flexibility index (Phi) is 5.92. The molecule has 0 unspecified atom stereocenters. The van der Waals surface area contributed by atoms with Gasteiger partial charge in [-0.25, -0.2) is 9.78 Å². The fourth-order valence-electron chi connectivity index (χ4n) is 3.24. The van der Waals surface area contributed by atoms with Crippen LogP contribution in [0.1, 0.15) is 33.6 Å². The lowest BCUT2D eigenvalue weighted by Gasteiger charge is -2.34. The number of nitrogens with one attached hydrogen (secondary N) is 1. The molecule has 1 atom stereocenters. The van der Waals surface area contributed by atoms with E-state index in [0.29, 0.717) is 29.7 Å². The minimum atomic E-state index is -0.561. The molecule has 1 saturated heterocycles. The summed E-state index contributed by atoms with van der Waals surface area (Å²) >= 11 is 2.17. The van der Waals surface area contributed by atoms with E-state index in [4.69, 9.17) is 4.74 Å². The molecule has 8 nitrogen and oxygen atoms in total. The van der Waals surface area contributed by atoms with E-state index >= 15 is 0 Å². The lowest BCUT2D eigenvalue weighted by molar-refractivity contribution is -0.384. The number of nitrogens with zero attached hydrogens (tertiary/aromatic N) is 3. The first-order valence-electron chi connectivity index (χ1n) is 9.11. The predicted octanol–water partition coefficient (Wildman–Crippen LogP) is 4.56. The van der Waals surface area contributed by atoms with E-state index in [0.717, 1.165) is 16.4 Å². The van der Waals surface area contributed by atoms with Gasteiger partial charge in [-0.05, 0) is 74.4 Å². The van der Waals surface area contributed by atoms with E-state index in [1.807, 2.05) is 39.0 Å². The molecule has 150 valence electrons. The van der Waals surface area contributed by atoms with Crippen molar-refractivity contribution in [1.82, 2.24) is 9.88 Å². The fourth-order valence-corrected chi connectivity index (χ4v) is 3.73. The van der Waals surface area contributed by atoms with Gasteiger partial charge in [0, 0.05) is 28.1 Å². The van der Waals surface area contributed by atoms with Crippen molar-refractivity contribution in [2.45, 2.75) is 45.3 Å². The summed E-state index contributed by atoms with van der Waals surface area (Å²) in [5.74, 6) is 0. The van der Waals surface area contributed by atoms with Crippen molar-refractivity contribution >= 4 is 51.0 Å². The molecule has 1 aromatic heterocycles. The normalized spacial score (nSPS) is 17.4. The number of hydrogen-bond acceptors (Lipinski definition) is 6. The zero-order valence-electron chi connectivity index (χ0n) is 16.1. The first-order valence-corrected chi connectivity index (χ1v) is 10.2. The third-order valence-electron chi connectivity index (χ3n) is 4.43. The van der Waals surface area contributed by atoms with Gasteiger partial charge in [-0.1, -0.05) is 0 Å². The van der Waals surface area contributed by atoms with Gasteiger partial charge in [-0.15, -0.1) is 0 Å². The minimum Gasteiger partial charge on any atom is -0.444 e. The number of likely N-dealkylation sites (tertiary alicyclic amines) is 1. The molecule has 1 aliphatic rings. The molecule has 0 saturated carbocycles. The zero-order valence-corrected chi connectivity index (χ0v) is 18.2. The highest BCUT2D eigenvalue weighted by Crippen LogP contribution is 2.34. The van der Waals surface area contributed by atoms with Gasteiger partial charge in [0.15, 0.2) is 0 Å². The number of carbonyl (C=O) groups is 1. The number of fused-ring (bicyclic) bond motifs is 1. The van der Waals surface area contributed by atoms with Crippen molar-refractivity contribution in [3.05, 3.63) is 38.1 Å². The smallest absolute Gasteiger partial charge is 0.410 e. The Bertz CT molecular complexity index is 913. The molecular formula is C19H23IN4O4. The quantitative estimate of drug-likeness (QED) is 0.379. The second-order valence-corrected chi connectivity index (χ2v) is 9.09. The molecule has 28 heavy (non-hydrogen) atoms. The lowest BCUT2D eigenvalue weighted by Crippen LogP contribution is -2.47. The summed E-state index contributed by atoms with van der Waals surface area (Å²) in [7, 11) is 0. The summed E-state index contributed by atoms with van der Waals surface area (Å²) in [6.45, 7) is 6.54. The molecule has 0 bridgehead atoms. The Labute approximate surface area is 176 Å². The Morgan fingerprint density at radius 2 is 2.18 bits per heavy atom. The standard InChI is InChI=1S/C19H23IN4O4/c1-19(2,3)28-18(25)23-8-4-5-13(11-23)22-17-14-9-12(20)6-7-15(14)21-10-16(17)24(26)27/h6-7,9-10,13H,4-5,8,11H2,1-3H3,(H,21,22)/t13-/m0/s1. The summed E-state index contributed by atoms with van der Waals surface area (Å²) in [5, 5.41) is 15.6. The van der Waals surface area contributed by atoms with Gasteiger partial charge in [0.1, 0.15) is 17.5 Å². The van der Waals surface area contributed by atoms with Crippen molar-refractivity contribution < 1.29 is 14.5 Å². The van der Waals surface area contributed by atoms with Crippen LogP contribution in [0.2, 0.25) is 0 Å². The molecular weight excluding hydrogens is 475 g/mol. The summed E-state index contributed by atoms with van der Waals surface area (Å²) in [4.78, 5) is 29.4. The number of benzene rings is 1. The zero-order chi connectivity index (χ0) is 20.5. The van der Waals surface area contributed by atoms with Crippen LogP contribution in [0.15, 0.2) is 24.4 Å². The number of pyridine rings is 1. The average Bonchev–Trinajstić information content (AvgIpc) is 2.60. The number of amides is 1. The highest BCUT2D eigenvalue weighted by Gasteiger charge is 2.29. The van der Waals surface area contributed by atoms with Crippen LogP contribution in [0.5, 0.6) is 0 Å². The number of halogens is 1. The fraction of sp³-hybridized carbons (Fsp3) is 0.474. The number of hydrogen-bond donors (Lipinski definition) is 1. The molecule has 1 N–H and O–H groups in total. The Morgan fingerprint density at radius 1 is 1.43 bits per heavy atom. The molecule has 9 heteroatoms. The van der Waals surface area contributed by atoms with Crippen LogP contribution < -0.4 is 5.32 Å². The maximum atomic E-state index is 12.4. The van der Waals surface area contributed by atoms with Crippen LogP contribution in [0.4, 0.5) is 16.2 Å². The van der Waals surface area contributed by atoms with Crippen molar-refractivity contribution in [2.75, 3.05) is 18.4 Å². The Balaban J connectivity index is 1.87. The van der Waals surface area contributed by atoms with E-state index in [1.165, 1.54) is 6.20 Å².